The molecule has 1 atom stereocenters. The zero-order valence-electron chi connectivity index (χ0n) is 10.0. The van der Waals surface area contributed by atoms with Gasteiger partial charge in [0.1, 0.15) is 0 Å². The standard InChI is InChI=1S/C10H16F3N3S/c1-9(2,3)8-7(17-16-15-8)6(14)4-5-10(11,12)13/h6H,4-5,14H2,1-3H3. The van der Waals surface area contributed by atoms with Crippen LogP contribution in [0.5, 0.6) is 0 Å². The van der Waals surface area contributed by atoms with Crippen LogP contribution in [0.4, 0.5) is 13.2 Å². The van der Waals surface area contributed by atoms with Crippen molar-refractivity contribution in [3.63, 3.8) is 0 Å². The molecule has 7 heteroatoms. The summed E-state index contributed by atoms with van der Waals surface area (Å²) in [6.07, 6.45) is -5.18. The van der Waals surface area contributed by atoms with Crippen LogP contribution in [0.15, 0.2) is 0 Å². The van der Waals surface area contributed by atoms with Crippen molar-refractivity contribution in [2.45, 2.75) is 51.2 Å². The van der Waals surface area contributed by atoms with Crippen LogP contribution in [0.25, 0.3) is 0 Å². The van der Waals surface area contributed by atoms with Crippen LogP contribution in [0.1, 0.15) is 50.2 Å². The summed E-state index contributed by atoms with van der Waals surface area (Å²) in [7, 11) is 0. The first-order chi connectivity index (χ1) is 7.61. The zero-order valence-corrected chi connectivity index (χ0v) is 10.8. The Balaban J connectivity index is 2.77. The molecule has 1 aromatic rings. The van der Waals surface area contributed by atoms with Gasteiger partial charge in [-0.05, 0) is 18.0 Å². The zero-order chi connectivity index (χ0) is 13.3. The average molecular weight is 267 g/mol. The van der Waals surface area contributed by atoms with Crippen molar-refractivity contribution >= 4 is 11.5 Å². The molecule has 1 heterocycles. The Morgan fingerprint density at radius 2 is 1.88 bits per heavy atom. The van der Waals surface area contributed by atoms with Gasteiger partial charge in [-0.3, -0.25) is 0 Å². The molecule has 0 aliphatic rings. The number of rotatable bonds is 3. The fraction of sp³-hybridized carbons (Fsp3) is 0.800. The van der Waals surface area contributed by atoms with E-state index in [2.05, 4.69) is 9.59 Å². The third-order valence-electron chi connectivity index (χ3n) is 2.30. The summed E-state index contributed by atoms with van der Waals surface area (Å²) in [6, 6.07) is -0.647. The van der Waals surface area contributed by atoms with E-state index in [9.17, 15) is 13.2 Å². The predicted molar refractivity (Wildman–Crippen MR) is 60.8 cm³/mol. The average Bonchev–Trinajstić information content (AvgIpc) is 2.60. The molecule has 0 saturated carbocycles. The Hall–Kier alpha value is -0.690. The van der Waals surface area contributed by atoms with Crippen LogP contribution in [0.2, 0.25) is 0 Å². The molecule has 2 N–H and O–H groups in total. The van der Waals surface area contributed by atoms with E-state index in [1.165, 1.54) is 0 Å². The summed E-state index contributed by atoms with van der Waals surface area (Å²) in [4.78, 5) is 0.654. The van der Waals surface area contributed by atoms with Gasteiger partial charge in [0.25, 0.3) is 0 Å². The van der Waals surface area contributed by atoms with Crippen molar-refractivity contribution in [3.8, 4) is 0 Å². The largest absolute Gasteiger partial charge is 0.389 e. The van der Waals surface area contributed by atoms with Crippen molar-refractivity contribution < 1.29 is 13.2 Å². The summed E-state index contributed by atoms with van der Waals surface area (Å²) < 4.78 is 40.1. The fourth-order valence-electron chi connectivity index (χ4n) is 1.41. The van der Waals surface area contributed by atoms with Crippen LogP contribution in [0, 0.1) is 0 Å². The SMILES string of the molecule is CC(C)(C)c1nnsc1C(N)CCC(F)(F)F. The minimum absolute atomic E-state index is 0.129. The number of nitrogens with two attached hydrogens (primary N) is 1. The summed E-state index contributed by atoms with van der Waals surface area (Å²) in [6.45, 7) is 5.80. The highest BCUT2D eigenvalue weighted by Gasteiger charge is 2.30. The highest BCUT2D eigenvalue weighted by atomic mass is 32.1. The van der Waals surface area contributed by atoms with Gasteiger partial charge >= 0.3 is 6.18 Å². The third-order valence-corrected chi connectivity index (χ3v) is 3.16. The van der Waals surface area contributed by atoms with Gasteiger partial charge < -0.3 is 5.73 Å². The van der Waals surface area contributed by atoms with Gasteiger partial charge in [0.15, 0.2) is 0 Å². The van der Waals surface area contributed by atoms with Crippen LogP contribution in [0.3, 0.4) is 0 Å². The molecular weight excluding hydrogens is 251 g/mol. The Morgan fingerprint density at radius 3 is 2.35 bits per heavy atom. The second-order valence-electron chi connectivity index (χ2n) is 5.00. The van der Waals surface area contributed by atoms with E-state index in [1.54, 1.807) is 0 Å². The molecule has 0 radical (unpaired) electrons. The first-order valence-electron chi connectivity index (χ1n) is 5.26. The smallest absolute Gasteiger partial charge is 0.323 e. The van der Waals surface area contributed by atoms with Crippen molar-refractivity contribution in [1.82, 2.24) is 9.59 Å². The molecule has 17 heavy (non-hydrogen) atoms. The Bertz CT molecular complexity index is 368. The van der Waals surface area contributed by atoms with Crippen LogP contribution < -0.4 is 5.73 Å². The highest BCUT2D eigenvalue weighted by molar-refractivity contribution is 7.05. The second kappa shape index (κ2) is 4.89. The van der Waals surface area contributed by atoms with Crippen molar-refractivity contribution in [2.75, 3.05) is 0 Å². The lowest BCUT2D eigenvalue weighted by molar-refractivity contribution is -0.136. The molecule has 1 aromatic heterocycles. The fourth-order valence-corrected chi connectivity index (χ4v) is 2.31. The molecule has 98 valence electrons. The molecule has 3 nitrogen and oxygen atoms in total. The Morgan fingerprint density at radius 1 is 1.29 bits per heavy atom. The molecule has 0 spiro atoms. The highest BCUT2D eigenvalue weighted by Crippen LogP contribution is 2.33. The number of halogens is 3. The van der Waals surface area contributed by atoms with Crippen LogP contribution >= 0.6 is 11.5 Å². The molecule has 0 saturated heterocycles. The topological polar surface area (TPSA) is 51.8 Å². The second-order valence-corrected chi connectivity index (χ2v) is 5.78. The summed E-state index contributed by atoms with van der Waals surface area (Å²) in [5.74, 6) is 0. The summed E-state index contributed by atoms with van der Waals surface area (Å²) in [5.41, 5.74) is 6.21. The van der Waals surface area contributed by atoms with E-state index >= 15 is 0 Å². The van der Waals surface area contributed by atoms with Gasteiger partial charge in [-0.2, -0.15) is 13.2 Å². The first kappa shape index (κ1) is 14.4. The number of alkyl halides is 3. The lowest BCUT2D eigenvalue weighted by Crippen LogP contribution is -2.20. The lowest BCUT2D eigenvalue weighted by atomic mass is 9.89. The summed E-state index contributed by atoms with van der Waals surface area (Å²) >= 11 is 1.08. The van der Waals surface area contributed by atoms with Gasteiger partial charge in [0, 0.05) is 17.9 Å². The normalized spacial score (nSPS) is 15.0. The van der Waals surface area contributed by atoms with Gasteiger partial charge in [-0.15, -0.1) is 5.10 Å². The van der Waals surface area contributed by atoms with E-state index in [0.29, 0.717) is 10.6 Å². The molecule has 0 aromatic carbocycles. The van der Waals surface area contributed by atoms with E-state index in [4.69, 9.17) is 5.73 Å². The van der Waals surface area contributed by atoms with Gasteiger partial charge in [0.05, 0.1) is 10.6 Å². The molecule has 0 aliphatic heterocycles. The molecular formula is C10H16F3N3S. The van der Waals surface area contributed by atoms with E-state index in [0.717, 1.165) is 11.5 Å². The third kappa shape index (κ3) is 4.23. The molecule has 0 fully saturated rings. The molecule has 0 bridgehead atoms. The maximum Gasteiger partial charge on any atom is 0.389 e. The van der Waals surface area contributed by atoms with E-state index < -0.39 is 18.6 Å². The minimum atomic E-state index is -4.17. The Kier molecular flexibility index (Phi) is 4.14. The van der Waals surface area contributed by atoms with Gasteiger partial charge in [0.2, 0.25) is 0 Å². The van der Waals surface area contributed by atoms with E-state index in [-0.39, 0.29) is 11.8 Å². The molecule has 1 rings (SSSR count). The maximum absolute atomic E-state index is 12.1. The lowest BCUT2D eigenvalue weighted by Gasteiger charge is -2.19. The summed E-state index contributed by atoms with van der Waals surface area (Å²) in [5, 5.41) is 3.96. The Labute approximate surface area is 102 Å². The van der Waals surface area contributed by atoms with Crippen molar-refractivity contribution in [1.29, 1.82) is 0 Å². The number of aromatic nitrogens is 2. The van der Waals surface area contributed by atoms with Crippen molar-refractivity contribution in [3.05, 3.63) is 10.6 Å². The molecule has 0 amide bonds. The van der Waals surface area contributed by atoms with Crippen LogP contribution in [-0.2, 0) is 5.41 Å². The van der Waals surface area contributed by atoms with Gasteiger partial charge in [-0.25, -0.2) is 0 Å². The van der Waals surface area contributed by atoms with Crippen LogP contribution in [-0.4, -0.2) is 15.8 Å². The molecule has 1 unspecified atom stereocenters. The van der Waals surface area contributed by atoms with Crippen molar-refractivity contribution in [2.24, 2.45) is 5.73 Å². The number of nitrogens with zero attached hydrogens (tertiary/aromatic N) is 2. The predicted octanol–water partition coefficient (Wildman–Crippen LogP) is 3.18. The minimum Gasteiger partial charge on any atom is -0.323 e. The number of hydrogen-bond donors (Lipinski definition) is 1. The quantitative estimate of drug-likeness (QED) is 0.915. The van der Waals surface area contributed by atoms with E-state index in [1.807, 2.05) is 20.8 Å². The maximum atomic E-state index is 12.1. The monoisotopic (exact) mass is 267 g/mol. The first-order valence-corrected chi connectivity index (χ1v) is 6.03. The van der Waals surface area contributed by atoms with Gasteiger partial charge in [-0.1, -0.05) is 25.3 Å². The molecule has 0 aliphatic carbocycles. The number of hydrogen-bond acceptors (Lipinski definition) is 4.